The van der Waals surface area contributed by atoms with Gasteiger partial charge >= 0.3 is 59.1 Å². The van der Waals surface area contributed by atoms with E-state index in [1.807, 2.05) is 0 Å². The van der Waals surface area contributed by atoms with Crippen molar-refractivity contribution in [2.45, 2.75) is 9.79 Å². The number of phenolic OH excluding ortho intramolecular Hbond substituents is 1. The van der Waals surface area contributed by atoms with Crippen molar-refractivity contribution in [2.75, 3.05) is 5.32 Å². The molecular weight excluding hydrogens is 527 g/mol. The van der Waals surface area contributed by atoms with Crippen LogP contribution in [-0.2, 0) is 19.5 Å². The van der Waals surface area contributed by atoms with Crippen molar-refractivity contribution in [1.29, 1.82) is 0 Å². The van der Waals surface area contributed by atoms with Crippen LogP contribution in [0.2, 0.25) is 10.0 Å². The molecule has 0 saturated heterocycles. The molecule has 0 aliphatic carbocycles. The first-order valence-electron chi connectivity index (χ1n) is 7.76. The number of phenols is 1. The van der Waals surface area contributed by atoms with E-state index in [1.54, 1.807) is 0 Å². The second-order valence-corrected chi connectivity index (χ2v) is 8.76. The van der Waals surface area contributed by atoms with Crippen LogP contribution in [0.1, 0.15) is 10.4 Å². The van der Waals surface area contributed by atoms with E-state index in [9.17, 15) is 28.1 Å². The van der Waals surface area contributed by atoms with Crippen LogP contribution < -0.4 is 69.7 Å². The number of rotatable bonds is 6. The number of hydrogen-bond donors (Lipinski definition) is 2. The van der Waals surface area contributed by atoms with Crippen molar-refractivity contribution in [3.63, 3.8) is 0 Å². The van der Waals surface area contributed by atoms with Crippen LogP contribution in [-0.4, -0.2) is 24.0 Å². The van der Waals surface area contributed by atoms with E-state index in [0.717, 1.165) is 12.1 Å². The van der Waals surface area contributed by atoms with Gasteiger partial charge in [0, 0.05) is 15.3 Å². The maximum atomic E-state index is 12.7. The van der Waals surface area contributed by atoms with E-state index in [1.165, 1.54) is 30.3 Å². The Morgan fingerprint density at radius 1 is 1.09 bits per heavy atom. The van der Waals surface area contributed by atoms with Gasteiger partial charge in [-0.2, -0.15) is 4.33 Å². The van der Waals surface area contributed by atoms with E-state index in [2.05, 4.69) is 14.7 Å². The van der Waals surface area contributed by atoms with Gasteiger partial charge in [0.2, 0.25) is 0 Å². The molecule has 0 bridgehead atoms. The van der Waals surface area contributed by atoms with Crippen LogP contribution >= 0.6 is 35.2 Å². The summed E-state index contributed by atoms with van der Waals surface area (Å²) < 4.78 is 38.3. The van der Waals surface area contributed by atoms with Gasteiger partial charge in [0.1, 0.15) is 15.9 Å². The van der Waals surface area contributed by atoms with Gasteiger partial charge in [0.25, 0.3) is 5.91 Å². The molecule has 0 atom stereocenters. The van der Waals surface area contributed by atoms with Gasteiger partial charge in [-0.1, -0.05) is 23.2 Å². The van der Waals surface area contributed by atoms with Crippen LogP contribution in [0.15, 0.2) is 52.3 Å². The minimum atomic E-state index is -4.88. The molecule has 0 radical (unpaired) electrons. The summed E-state index contributed by atoms with van der Waals surface area (Å²) in [4.78, 5) is 12.2. The summed E-state index contributed by atoms with van der Waals surface area (Å²) in [6, 6.07) is 8.62. The number of carbonyl (C=O) groups is 1. The Morgan fingerprint density at radius 2 is 1.78 bits per heavy atom. The Labute approximate surface area is 240 Å². The van der Waals surface area contributed by atoms with Crippen molar-refractivity contribution in [3.05, 3.63) is 58.1 Å². The number of amides is 1. The molecule has 3 aromatic carbocycles. The molecule has 1 amide bonds. The van der Waals surface area contributed by atoms with Crippen molar-refractivity contribution in [2.24, 2.45) is 0 Å². The van der Waals surface area contributed by atoms with Crippen LogP contribution in [0.25, 0.3) is 10.8 Å². The summed E-state index contributed by atoms with van der Waals surface area (Å²) in [5, 5.41) is 26.8. The number of hydrogen-bond acceptors (Lipinski definition) is 9. The van der Waals surface area contributed by atoms with Crippen LogP contribution in [0, 0.1) is 0 Å². The molecule has 158 valence electrons. The SMILES string of the molecule is O=C(Nc1cc(SOO[O-])cc2cc(S(=O)(=O)[O-])cc(O)c12)c1ccc(Cl)cc1Cl.[Na+].[Na+]. The van der Waals surface area contributed by atoms with E-state index < -0.39 is 26.7 Å². The van der Waals surface area contributed by atoms with E-state index in [4.69, 9.17) is 23.2 Å². The molecular formula is C17H9Cl2NNa2O8S2. The maximum absolute atomic E-state index is 12.7. The predicted octanol–water partition coefficient (Wildman–Crippen LogP) is -2.75. The Balaban J connectivity index is 0.00000256. The second-order valence-electron chi connectivity index (χ2n) is 5.76. The number of fused-ring (bicyclic) bond motifs is 1. The van der Waals surface area contributed by atoms with E-state index >= 15 is 0 Å². The molecule has 9 nitrogen and oxygen atoms in total. The molecule has 0 fully saturated rings. The predicted molar refractivity (Wildman–Crippen MR) is 106 cm³/mol. The smallest absolute Gasteiger partial charge is 0.744 e. The first-order valence-corrected chi connectivity index (χ1v) is 10.7. The van der Waals surface area contributed by atoms with Crippen LogP contribution in [0.3, 0.4) is 0 Å². The van der Waals surface area contributed by atoms with Crippen molar-refractivity contribution in [1.82, 2.24) is 0 Å². The second kappa shape index (κ2) is 12.6. The molecule has 2 N–H and O–H groups in total. The van der Waals surface area contributed by atoms with Gasteiger partial charge < -0.3 is 20.2 Å². The van der Waals surface area contributed by atoms with Crippen molar-refractivity contribution in [3.8, 4) is 5.75 Å². The summed E-state index contributed by atoms with van der Waals surface area (Å²) in [5.74, 6) is -1.24. The molecule has 0 saturated carbocycles. The van der Waals surface area contributed by atoms with Crippen LogP contribution in [0.5, 0.6) is 5.75 Å². The van der Waals surface area contributed by atoms with Crippen LogP contribution in [0.4, 0.5) is 5.69 Å². The molecule has 0 aliphatic rings. The zero-order valence-corrected chi connectivity index (χ0v) is 23.6. The number of nitrogens with one attached hydrogen (secondary N) is 1. The Kier molecular flexibility index (Phi) is 11.8. The number of aromatic hydroxyl groups is 1. The maximum Gasteiger partial charge on any atom is 1.00 e. The van der Waals surface area contributed by atoms with Gasteiger partial charge in [-0.15, -0.1) is 0 Å². The summed E-state index contributed by atoms with van der Waals surface area (Å²) in [6.07, 6.45) is 0. The summed E-state index contributed by atoms with van der Waals surface area (Å²) in [6.45, 7) is 0. The largest absolute Gasteiger partial charge is 1.00 e. The molecule has 32 heavy (non-hydrogen) atoms. The fourth-order valence-electron chi connectivity index (χ4n) is 2.65. The summed E-state index contributed by atoms with van der Waals surface area (Å²) in [5.41, 5.74) is 0.0949. The molecule has 0 heterocycles. The number of benzene rings is 3. The normalized spacial score (nSPS) is 10.9. The zero-order chi connectivity index (χ0) is 22.1. The fourth-order valence-corrected chi connectivity index (χ4v) is 4.12. The van der Waals surface area contributed by atoms with Crippen molar-refractivity contribution >= 4 is 67.7 Å². The van der Waals surface area contributed by atoms with Crippen molar-refractivity contribution < 1.29 is 96.6 Å². The summed E-state index contributed by atoms with van der Waals surface area (Å²) >= 11 is 12.3. The molecule has 0 aliphatic heterocycles. The molecule has 3 aromatic rings. The standard InChI is InChI=1S/C17H11Cl2NO8S2.2Na/c18-9-1-2-12(13(19)5-9)17(22)20-14-6-10(29-28-27-23)3-8-4-11(30(24,25)26)7-15(21)16(8)14;;/h1-7,21,23H,(H,20,22)(H,24,25,26);;/q;2*+1/p-2. The quantitative estimate of drug-likeness (QED) is 0.113. The third kappa shape index (κ3) is 7.20. The minimum absolute atomic E-state index is 0. The molecule has 0 spiro atoms. The van der Waals surface area contributed by atoms with Gasteiger partial charge in [0.05, 0.1) is 33.2 Å². The molecule has 15 heteroatoms. The Bertz CT molecular complexity index is 1260. The first kappa shape index (κ1) is 29.9. The molecule has 3 rings (SSSR count). The Morgan fingerprint density at radius 3 is 2.38 bits per heavy atom. The van der Waals surface area contributed by atoms with Gasteiger partial charge in [-0.25, -0.2) is 8.42 Å². The number of halogens is 2. The third-order valence-electron chi connectivity index (χ3n) is 3.85. The van der Waals surface area contributed by atoms with Gasteiger partial charge in [0.15, 0.2) is 0 Å². The molecule has 0 aromatic heterocycles. The summed E-state index contributed by atoms with van der Waals surface area (Å²) in [7, 11) is -4.88. The number of anilines is 1. The monoisotopic (exact) mass is 535 g/mol. The Hall–Kier alpha value is -0.0900. The average molecular weight is 536 g/mol. The first-order chi connectivity index (χ1) is 14.1. The van der Waals surface area contributed by atoms with Gasteiger partial charge in [-0.05, 0) is 47.9 Å². The topological polar surface area (TPSA) is 148 Å². The minimum Gasteiger partial charge on any atom is -0.744 e. The average Bonchev–Trinajstić information content (AvgIpc) is 2.64. The fraction of sp³-hybridized carbons (Fsp3) is 0. The third-order valence-corrected chi connectivity index (χ3v) is 5.76. The zero-order valence-electron chi connectivity index (χ0n) is 16.4. The van der Waals surface area contributed by atoms with Gasteiger partial charge in [-0.3, -0.25) is 9.83 Å². The molecule has 0 unspecified atom stereocenters. The van der Waals surface area contributed by atoms with E-state index in [-0.39, 0.29) is 91.1 Å². The van der Waals surface area contributed by atoms with E-state index in [0.29, 0.717) is 17.1 Å². The number of carbonyl (C=O) groups excluding carboxylic acids is 1.